The first-order valence-electron chi connectivity index (χ1n) is 5.38. The molecule has 0 aromatic heterocycles. The minimum atomic E-state index is -0.713. The van der Waals surface area contributed by atoms with E-state index in [1.54, 1.807) is 6.07 Å². The molecule has 0 atom stereocenters. The van der Waals surface area contributed by atoms with E-state index in [2.05, 4.69) is 21.2 Å². The van der Waals surface area contributed by atoms with E-state index in [1.165, 1.54) is 12.1 Å². The molecule has 2 nitrogen and oxygen atoms in total. The third-order valence-electron chi connectivity index (χ3n) is 2.76. The number of hydrogen-bond acceptors (Lipinski definition) is 1. The number of alkyl halides is 2. The average molecular weight is 357 g/mol. The van der Waals surface area contributed by atoms with Crippen LogP contribution in [0.4, 0.5) is 4.39 Å². The lowest BCUT2D eigenvalue weighted by Gasteiger charge is -2.29. The van der Waals surface area contributed by atoms with Gasteiger partial charge in [0.25, 0.3) is 5.91 Å². The maximum atomic E-state index is 13.8. The molecule has 6 heteroatoms. The molecule has 100 valence electrons. The fraction of sp³-hybridized carbons (Fsp3) is 0.417. The second-order valence-electron chi connectivity index (χ2n) is 3.96. The summed E-state index contributed by atoms with van der Waals surface area (Å²) in [6.07, 6.45) is 0.571. The summed E-state index contributed by atoms with van der Waals surface area (Å²) in [4.78, 5) is 12.0. The normalized spacial score (nSPS) is 11.4. The zero-order valence-corrected chi connectivity index (χ0v) is 12.9. The molecular formula is C12H13BrCl2FNO. The van der Waals surface area contributed by atoms with Gasteiger partial charge in [-0.05, 0) is 34.5 Å². The molecule has 1 rings (SSSR count). The maximum absolute atomic E-state index is 13.8. The summed E-state index contributed by atoms with van der Waals surface area (Å²) in [5.74, 6) is -0.760. The summed E-state index contributed by atoms with van der Waals surface area (Å²) < 4.78 is 14.0. The highest BCUT2D eigenvalue weighted by atomic mass is 79.9. The van der Waals surface area contributed by atoms with Crippen LogP contribution in [0.15, 0.2) is 22.7 Å². The zero-order valence-electron chi connectivity index (χ0n) is 9.77. The fourth-order valence-corrected chi connectivity index (χ4v) is 2.53. The number of carbonyl (C=O) groups is 1. The van der Waals surface area contributed by atoms with E-state index in [0.29, 0.717) is 6.42 Å². The molecule has 0 aliphatic rings. The topological polar surface area (TPSA) is 29.1 Å². The van der Waals surface area contributed by atoms with E-state index in [4.69, 9.17) is 23.2 Å². The second kappa shape index (κ2) is 6.73. The Bertz CT molecular complexity index is 430. The predicted molar refractivity (Wildman–Crippen MR) is 76.0 cm³/mol. The quantitative estimate of drug-likeness (QED) is 0.795. The third kappa shape index (κ3) is 3.37. The summed E-state index contributed by atoms with van der Waals surface area (Å²) in [5, 5.41) is 2.70. The average Bonchev–Trinajstić information content (AvgIpc) is 2.39. The number of carbonyl (C=O) groups excluding carboxylic acids is 1. The van der Waals surface area contributed by atoms with Crippen LogP contribution in [0.5, 0.6) is 0 Å². The maximum Gasteiger partial charge on any atom is 0.254 e. The number of amides is 1. The van der Waals surface area contributed by atoms with Gasteiger partial charge in [-0.15, -0.1) is 23.2 Å². The van der Waals surface area contributed by atoms with Crippen LogP contribution in [0.25, 0.3) is 0 Å². The van der Waals surface area contributed by atoms with Gasteiger partial charge in [-0.1, -0.05) is 13.0 Å². The van der Waals surface area contributed by atoms with Gasteiger partial charge in [0.2, 0.25) is 0 Å². The molecule has 0 fully saturated rings. The van der Waals surface area contributed by atoms with Crippen molar-refractivity contribution in [3.63, 3.8) is 0 Å². The SMILES string of the molecule is CCC(CCl)(CCl)NC(=O)c1cccc(Br)c1F. The summed E-state index contributed by atoms with van der Waals surface area (Å²) in [6, 6.07) is 4.54. The van der Waals surface area contributed by atoms with E-state index < -0.39 is 17.3 Å². The van der Waals surface area contributed by atoms with Gasteiger partial charge < -0.3 is 5.32 Å². The molecule has 0 saturated carbocycles. The van der Waals surface area contributed by atoms with Crippen molar-refractivity contribution in [1.82, 2.24) is 5.32 Å². The highest BCUT2D eigenvalue weighted by Gasteiger charge is 2.29. The number of nitrogens with one attached hydrogen (secondary N) is 1. The molecule has 1 aromatic rings. The largest absolute Gasteiger partial charge is 0.344 e. The molecule has 0 unspecified atom stereocenters. The number of hydrogen-bond donors (Lipinski definition) is 1. The molecule has 18 heavy (non-hydrogen) atoms. The number of halogens is 4. The molecule has 0 spiro atoms. The standard InChI is InChI=1S/C12H13BrCl2FNO/c1-2-12(6-14,7-15)17-11(18)8-4-3-5-9(13)10(8)16/h3-5H,2,6-7H2,1H3,(H,17,18). The van der Waals surface area contributed by atoms with Crippen LogP contribution in [0.2, 0.25) is 0 Å². The minimum Gasteiger partial charge on any atom is -0.344 e. The van der Waals surface area contributed by atoms with Crippen molar-refractivity contribution in [3.05, 3.63) is 34.1 Å². The number of rotatable bonds is 5. The van der Waals surface area contributed by atoms with Crippen LogP contribution in [0.3, 0.4) is 0 Å². The van der Waals surface area contributed by atoms with Crippen molar-refractivity contribution in [2.75, 3.05) is 11.8 Å². The summed E-state index contributed by atoms with van der Waals surface area (Å²) >= 11 is 14.7. The van der Waals surface area contributed by atoms with Crippen LogP contribution in [0.1, 0.15) is 23.7 Å². The van der Waals surface area contributed by atoms with Crippen molar-refractivity contribution in [2.24, 2.45) is 0 Å². The first-order chi connectivity index (χ1) is 8.49. The van der Waals surface area contributed by atoms with E-state index in [-0.39, 0.29) is 21.8 Å². The van der Waals surface area contributed by atoms with Gasteiger partial charge in [0.05, 0.1) is 15.6 Å². The minimum absolute atomic E-state index is 0.0302. The van der Waals surface area contributed by atoms with Crippen LogP contribution >= 0.6 is 39.1 Å². The molecule has 0 heterocycles. The van der Waals surface area contributed by atoms with Gasteiger partial charge in [-0.25, -0.2) is 4.39 Å². The van der Waals surface area contributed by atoms with Crippen molar-refractivity contribution < 1.29 is 9.18 Å². The Morgan fingerprint density at radius 2 is 2.06 bits per heavy atom. The van der Waals surface area contributed by atoms with Gasteiger partial charge in [0, 0.05) is 11.8 Å². The molecule has 1 N–H and O–H groups in total. The summed E-state index contributed by atoms with van der Waals surface area (Å²) in [6.45, 7) is 1.86. The summed E-state index contributed by atoms with van der Waals surface area (Å²) in [7, 11) is 0. The fourth-order valence-electron chi connectivity index (χ4n) is 1.37. The van der Waals surface area contributed by atoms with Crippen molar-refractivity contribution in [1.29, 1.82) is 0 Å². The second-order valence-corrected chi connectivity index (χ2v) is 5.35. The zero-order chi connectivity index (χ0) is 13.8. The Kier molecular flexibility index (Phi) is 5.89. The van der Waals surface area contributed by atoms with Crippen LogP contribution in [-0.2, 0) is 0 Å². The van der Waals surface area contributed by atoms with Crippen molar-refractivity contribution in [3.8, 4) is 0 Å². The van der Waals surface area contributed by atoms with Crippen molar-refractivity contribution >= 4 is 45.0 Å². The smallest absolute Gasteiger partial charge is 0.254 e. The Morgan fingerprint density at radius 3 is 2.56 bits per heavy atom. The lowest BCUT2D eigenvalue weighted by molar-refractivity contribution is 0.0909. The molecule has 0 aliphatic carbocycles. The van der Waals surface area contributed by atoms with Crippen molar-refractivity contribution in [2.45, 2.75) is 18.9 Å². The van der Waals surface area contributed by atoms with Gasteiger partial charge >= 0.3 is 0 Å². The summed E-state index contributed by atoms with van der Waals surface area (Å²) in [5.41, 5.74) is -0.743. The Morgan fingerprint density at radius 1 is 1.44 bits per heavy atom. The van der Waals surface area contributed by atoms with E-state index in [9.17, 15) is 9.18 Å². The van der Waals surface area contributed by atoms with Crippen LogP contribution in [0, 0.1) is 5.82 Å². The molecule has 1 amide bonds. The first-order valence-corrected chi connectivity index (χ1v) is 7.24. The molecular weight excluding hydrogens is 344 g/mol. The molecule has 1 aromatic carbocycles. The monoisotopic (exact) mass is 355 g/mol. The molecule has 0 saturated heterocycles. The third-order valence-corrected chi connectivity index (χ3v) is 4.40. The molecule has 0 bridgehead atoms. The highest BCUT2D eigenvalue weighted by Crippen LogP contribution is 2.21. The van der Waals surface area contributed by atoms with E-state index in [0.717, 1.165) is 0 Å². The van der Waals surface area contributed by atoms with Gasteiger partial charge in [-0.3, -0.25) is 4.79 Å². The number of benzene rings is 1. The van der Waals surface area contributed by atoms with Gasteiger partial charge in [0.15, 0.2) is 0 Å². The predicted octanol–water partition coefficient (Wildman–Crippen LogP) is 3.94. The highest BCUT2D eigenvalue weighted by molar-refractivity contribution is 9.10. The van der Waals surface area contributed by atoms with Crippen LogP contribution in [-0.4, -0.2) is 23.2 Å². The van der Waals surface area contributed by atoms with E-state index in [1.807, 2.05) is 6.92 Å². The lowest BCUT2D eigenvalue weighted by atomic mass is 10.0. The Labute approximate surface area is 124 Å². The van der Waals surface area contributed by atoms with Gasteiger partial charge in [-0.2, -0.15) is 0 Å². The first kappa shape index (κ1) is 15.7. The lowest BCUT2D eigenvalue weighted by Crippen LogP contribution is -2.51. The Balaban J connectivity index is 2.98. The molecule has 0 radical (unpaired) electrons. The van der Waals surface area contributed by atoms with Gasteiger partial charge in [0.1, 0.15) is 5.82 Å². The Hall–Kier alpha value is -0.320. The van der Waals surface area contributed by atoms with Crippen LogP contribution < -0.4 is 5.32 Å². The van der Waals surface area contributed by atoms with E-state index >= 15 is 0 Å². The molecule has 0 aliphatic heterocycles.